The van der Waals surface area contributed by atoms with Gasteiger partial charge in [-0.25, -0.2) is 0 Å². The lowest BCUT2D eigenvalue weighted by atomic mass is 9.73. The molecule has 2 aromatic carbocycles. The zero-order valence-electron chi connectivity index (χ0n) is 15.3. The predicted molar refractivity (Wildman–Crippen MR) is 103 cm³/mol. The lowest BCUT2D eigenvalue weighted by Gasteiger charge is -2.37. The topological polar surface area (TPSA) is 35.5 Å². The Morgan fingerprint density at radius 1 is 1.04 bits per heavy atom. The van der Waals surface area contributed by atoms with Crippen molar-refractivity contribution in [2.24, 2.45) is 5.41 Å². The van der Waals surface area contributed by atoms with Crippen LogP contribution in [0.3, 0.4) is 0 Å². The molecule has 1 aliphatic rings. The van der Waals surface area contributed by atoms with Crippen LogP contribution in [0.15, 0.2) is 72.8 Å². The summed E-state index contributed by atoms with van der Waals surface area (Å²) in [4.78, 5) is 11.6. The number of hydrogen-bond acceptors (Lipinski definition) is 3. The summed E-state index contributed by atoms with van der Waals surface area (Å²) in [5, 5.41) is 0. The lowest BCUT2D eigenvalue weighted by molar-refractivity contribution is -0.146. The first-order chi connectivity index (χ1) is 12.7. The van der Waals surface area contributed by atoms with E-state index in [2.05, 4.69) is 48.5 Å². The summed E-state index contributed by atoms with van der Waals surface area (Å²) < 4.78 is 11.5. The van der Waals surface area contributed by atoms with Crippen LogP contribution < -0.4 is 0 Å². The molecule has 136 valence electrons. The van der Waals surface area contributed by atoms with Gasteiger partial charge < -0.3 is 9.47 Å². The fraction of sp³-hybridized carbons (Fsp3) is 0.348. The van der Waals surface area contributed by atoms with Gasteiger partial charge in [-0.2, -0.15) is 0 Å². The van der Waals surface area contributed by atoms with Crippen molar-refractivity contribution in [3.8, 4) is 0 Å². The second kappa shape index (κ2) is 8.81. The van der Waals surface area contributed by atoms with Crippen LogP contribution in [0.2, 0.25) is 0 Å². The molecule has 26 heavy (non-hydrogen) atoms. The van der Waals surface area contributed by atoms with Crippen molar-refractivity contribution in [3.63, 3.8) is 0 Å². The van der Waals surface area contributed by atoms with Crippen molar-refractivity contribution >= 4 is 5.97 Å². The summed E-state index contributed by atoms with van der Waals surface area (Å²) in [7, 11) is 0. The van der Waals surface area contributed by atoms with Crippen molar-refractivity contribution < 1.29 is 14.3 Å². The molecular formula is C23H26O3. The van der Waals surface area contributed by atoms with Gasteiger partial charge >= 0.3 is 5.97 Å². The Labute approximate surface area is 155 Å². The van der Waals surface area contributed by atoms with E-state index in [0.717, 1.165) is 19.3 Å². The van der Waals surface area contributed by atoms with Gasteiger partial charge in [0.2, 0.25) is 0 Å². The molecule has 1 aliphatic heterocycles. The smallest absolute Gasteiger partial charge is 0.303 e. The van der Waals surface area contributed by atoms with Crippen molar-refractivity contribution in [1.82, 2.24) is 0 Å². The van der Waals surface area contributed by atoms with Crippen LogP contribution in [-0.2, 0) is 27.1 Å². The third-order valence-electron chi connectivity index (χ3n) is 4.77. The van der Waals surface area contributed by atoms with Crippen LogP contribution in [0.5, 0.6) is 0 Å². The molecule has 0 amide bonds. The standard InChI is InChI=1S/C23H26O3/c1-19(24)26-22-13-8-14-25-18-23(17-22,15-20-9-4-2-5-10-20)16-21-11-6-3-7-12-21/h2-13,22H,14-18H2,1H3/b13-8-/t22-/m0/s1. The second-order valence-corrected chi connectivity index (χ2v) is 7.12. The van der Waals surface area contributed by atoms with Crippen LogP contribution in [0.4, 0.5) is 0 Å². The van der Waals surface area contributed by atoms with E-state index in [1.54, 1.807) is 0 Å². The zero-order valence-corrected chi connectivity index (χ0v) is 15.3. The SMILES string of the molecule is CC(=O)O[C@H]1/C=C\COCC(Cc2ccccc2)(Cc2ccccc2)C1. The van der Waals surface area contributed by atoms with Gasteiger partial charge in [-0.15, -0.1) is 0 Å². The molecule has 2 aromatic rings. The molecule has 3 heteroatoms. The molecular weight excluding hydrogens is 324 g/mol. The molecule has 3 nitrogen and oxygen atoms in total. The molecule has 0 unspecified atom stereocenters. The Morgan fingerprint density at radius 2 is 1.62 bits per heavy atom. The number of esters is 1. The van der Waals surface area contributed by atoms with Crippen molar-refractivity contribution in [2.75, 3.05) is 13.2 Å². The van der Waals surface area contributed by atoms with Crippen molar-refractivity contribution in [1.29, 1.82) is 0 Å². The monoisotopic (exact) mass is 350 g/mol. The highest BCUT2D eigenvalue weighted by Gasteiger charge is 2.35. The lowest BCUT2D eigenvalue weighted by Crippen LogP contribution is -2.38. The van der Waals surface area contributed by atoms with Gasteiger partial charge in [0, 0.05) is 12.3 Å². The maximum atomic E-state index is 11.6. The average molecular weight is 350 g/mol. The van der Waals surface area contributed by atoms with Crippen LogP contribution in [0.25, 0.3) is 0 Å². The number of benzene rings is 2. The van der Waals surface area contributed by atoms with E-state index in [4.69, 9.17) is 9.47 Å². The maximum Gasteiger partial charge on any atom is 0.303 e. The van der Waals surface area contributed by atoms with Gasteiger partial charge in [-0.1, -0.05) is 66.7 Å². The molecule has 3 rings (SSSR count). The summed E-state index contributed by atoms with van der Waals surface area (Å²) >= 11 is 0. The van der Waals surface area contributed by atoms with E-state index in [-0.39, 0.29) is 17.5 Å². The minimum atomic E-state index is -0.241. The summed E-state index contributed by atoms with van der Waals surface area (Å²) in [6.07, 6.45) is 6.20. The van der Waals surface area contributed by atoms with E-state index < -0.39 is 0 Å². The first kappa shape index (κ1) is 18.4. The summed E-state index contributed by atoms with van der Waals surface area (Å²) in [6, 6.07) is 21.0. The normalized spacial score (nSPS) is 20.6. The van der Waals surface area contributed by atoms with Crippen LogP contribution in [-0.4, -0.2) is 25.3 Å². The Kier molecular flexibility index (Phi) is 6.24. The Hall–Kier alpha value is -2.39. The molecule has 0 N–H and O–H groups in total. The van der Waals surface area contributed by atoms with Gasteiger partial charge in [0.1, 0.15) is 6.10 Å². The largest absolute Gasteiger partial charge is 0.458 e. The fourth-order valence-corrected chi connectivity index (χ4v) is 3.77. The molecule has 0 saturated heterocycles. The minimum Gasteiger partial charge on any atom is -0.458 e. The maximum absolute atomic E-state index is 11.6. The number of ether oxygens (including phenoxy) is 2. The quantitative estimate of drug-likeness (QED) is 0.593. The fourth-order valence-electron chi connectivity index (χ4n) is 3.77. The van der Waals surface area contributed by atoms with E-state index in [1.807, 2.05) is 24.3 Å². The third kappa shape index (κ3) is 5.30. The van der Waals surface area contributed by atoms with Gasteiger partial charge in [0.05, 0.1) is 13.2 Å². The highest BCUT2D eigenvalue weighted by molar-refractivity contribution is 5.66. The minimum absolute atomic E-state index is 0.131. The molecule has 0 aliphatic carbocycles. The molecule has 0 bridgehead atoms. The summed E-state index contributed by atoms with van der Waals surface area (Å²) in [5.41, 5.74) is 2.42. The molecule has 1 atom stereocenters. The first-order valence-corrected chi connectivity index (χ1v) is 9.15. The molecule has 0 fully saturated rings. The van der Waals surface area contributed by atoms with Gasteiger partial charge in [-0.05, 0) is 36.5 Å². The van der Waals surface area contributed by atoms with Crippen LogP contribution in [0, 0.1) is 5.41 Å². The van der Waals surface area contributed by atoms with Crippen molar-refractivity contribution in [3.05, 3.63) is 83.9 Å². The molecule has 0 aromatic heterocycles. The van der Waals surface area contributed by atoms with E-state index >= 15 is 0 Å². The van der Waals surface area contributed by atoms with E-state index in [9.17, 15) is 4.79 Å². The Balaban J connectivity index is 1.91. The zero-order chi connectivity index (χ0) is 18.2. The van der Waals surface area contributed by atoms with E-state index in [1.165, 1.54) is 18.1 Å². The Bertz CT molecular complexity index is 680. The summed E-state index contributed by atoms with van der Waals surface area (Å²) in [6.45, 7) is 2.65. The number of carbonyl (C=O) groups is 1. The molecule has 0 spiro atoms. The highest BCUT2D eigenvalue weighted by atomic mass is 16.5. The third-order valence-corrected chi connectivity index (χ3v) is 4.77. The van der Waals surface area contributed by atoms with Crippen LogP contribution in [0.1, 0.15) is 24.5 Å². The van der Waals surface area contributed by atoms with Crippen LogP contribution >= 0.6 is 0 Å². The average Bonchev–Trinajstić information content (AvgIpc) is 2.61. The summed E-state index contributed by atoms with van der Waals surface area (Å²) in [5.74, 6) is -0.241. The Morgan fingerprint density at radius 3 is 2.15 bits per heavy atom. The number of carbonyl (C=O) groups excluding carboxylic acids is 1. The van der Waals surface area contributed by atoms with Gasteiger partial charge in [0.15, 0.2) is 0 Å². The van der Waals surface area contributed by atoms with Crippen molar-refractivity contribution in [2.45, 2.75) is 32.3 Å². The molecule has 1 heterocycles. The number of rotatable bonds is 5. The molecule has 0 saturated carbocycles. The first-order valence-electron chi connectivity index (χ1n) is 9.15. The highest BCUT2D eigenvalue weighted by Crippen LogP contribution is 2.35. The molecule has 0 radical (unpaired) electrons. The predicted octanol–water partition coefficient (Wildman–Crippen LogP) is 4.37. The second-order valence-electron chi connectivity index (χ2n) is 7.12. The van der Waals surface area contributed by atoms with Gasteiger partial charge in [0.25, 0.3) is 0 Å². The number of hydrogen-bond donors (Lipinski definition) is 0. The van der Waals surface area contributed by atoms with E-state index in [0.29, 0.717) is 13.2 Å². The van der Waals surface area contributed by atoms with Gasteiger partial charge in [-0.3, -0.25) is 4.79 Å².